The average Bonchev–Trinajstić information content (AvgIpc) is 3.19. The monoisotopic (exact) mass is 342 g/mol. The van der Waals surface area contributed by atoms with Crippen LogP contribution in [0.1, 0.15) is 17.0 Å². The van der Waals surface area contributed by atoms with Gasteiger partial charge in [-0.15, -0.1) is 17.9 Å². The van der Waals surface area contributed by atoms with Crippen LogP contribution < -0.4 is 0 Å². The lowest BCUT2D eigenvalue weighted by Gasteiger charge is -2.19. The van der Waals surface area contributed by atoms with Gasteiger partial charge in [-0.2, -0.15) is 0 Å². The molecule has 0 aliphatic heterocycles. The van der Waals surface area contributed by atoms with Crippen molar-refractivity contribution in [2.45, 2.75) is 20.0 Å². The van der Waals surface area contributed by atoms with E-state index in [1.807, 2.05) is 42.6 Å². The van der Waals surface area contributed by atoms with E-state index in [4.69, 9.17) is 4.42 Å². The largest absolute Gasteiger partial charge is 0.459 e. The molecule has 0 aliphatic carbocycles. The first-order valence-corrected chi connectivity index (χ1v) is 8.61. The van der Waals surface area contributed by atoms with Crippen molar-refractivity contribution in [3.05, 3.63) is 77.3 Å². The maximum atomic E-state index is 13.9. The maximum absolute atomic E-state index is 13.9. The minimum Gasteiger partial charge on any atom is -0.459 e. The molecule has 2 heterocycles. The Balaban J connectivity index is 1.73. The van der Waals surface area contributed by atoms with Crippen molar-refractivity contribution in [2.75, 3.05) is 6.54 Å². The Bertz CT molecular complexity index is 824. The molecule has 0 atom stereocenters. The number of hydrogen-bond acceptors (Lipinski definition) is 4. The molecule has 3 aromatic rings. The standard InChI is InChI=1S/C19H19FN2OS/c1-3-10-22(11-15-6-4-5-7-17(15)20)12-16-13-24-19(21-16)18-9-8-14(2)23-18/h3-9,13H,1,10-12H2,2H3. The molecule has 0 saturated heterocycles. The van der Waals surface area contributed by atoms with Gasteiger partial charge in [0.15, 0.2) is 10.8 Å². The van der Waals surface area contributed by atoms with Gasteiger partial charge >= 0.3 is 0 Å². The van der Waals surface area contributed by atoms with Crippen molar-refractivity contribution in [1.82, 2.24) is 9.88 Å². The SMILES string of the molecule is C=CCN(Cc1csc(-c2ccc(C)o2)n1)Cc1ccccc1F. The quantitative estimate of drug-likeness (QED) is 0.563. The number of furan rings is 1. The van der Waals surface area contributed by atoms with E-state index in [1.165, 1.54) is 6.07 Å². The summed E-state index contributed by atoms with van der Waals surface area (Å²) in [5.41, 5.74) is 1.62. The molecule has 3 rings (SSSR count). The van der Waals surface area contributed by atoms with Crippen LogP contribution in [0.15, 0.2) is 58.9 Å². The molecule has 3 nitrogen and oxygen atoms in total. The van der Waals surface area contributed by atoms with Crippen LogP contribution in [0.2, 0.25) is 0 Å². The highest BCUT2D eigenvalue weighted by Gasteiger charge is 2.13. The summed E-state index contributed by atoms with van der Waals surface area (Å²) in [5, 5.41) is 2.88. The number of nitrogens with zero attached hydrogens (tertiary/aromatic N) is 2. The van der Waals surface area contributed by atoms with Gasteiger partial charge in [-0.1, -0.05) is 24.3 Å². The molecule has 124 valence electrons. The summed E-state index contributed by atoms with van der Waals surface area (Å²) in [7, 11) is 0. The molecule has 24 heavy (non-hydrogen) atoms. The van der Waals surface area contributed by atoms with Crippen molar-refractivity contribution in [2.24, 2.45) is 0 Å². The second-order valence-electron chi connectivity index (χ2n) is 5.60. The van der Waals surface area contributed by atoms with Crippen LogP contribution in [0.5, 0.6) is 0 Å². The summed E-state index contributed by atoms with van der Waals surface area (Å²) < 4.78 is 19.5. The molecule has 0 unspecified atom stereocenters. The van der Waals surface area contributed by atoms with E-state index >= 15 is 0 Å². The van der Waals surface area contributed by atoms with Crippen molar-refractivity contribution >= 4 is 11.3 Å². The van der Waals surface area contributed by atoms with Crippen molar-refractivity contribution < 1.29 is 8.81 Å². The van der Waals surface area contributed by atoms with Gasteiger partial charge in [0, 0.05) is 30.6 Å². The summed E-state index contributed by atoms with van der Waals surface area (Å²) in [5.74, 6) is 1.47. The van der Waals surface area contributed by atoms with Gasteiger partial charge in [0.2, 0.25) is 0 Å². The molecule has 0 fully saturated rings. The third kappa shape index (κ3) is 3.99. The van der Waals surface area contributed by atoms with Gasteiger partial charge in [-0.05, 0) is 25.1 Å². The van der Waals surface area contributed by atoms with Crippen LogP contribution in [-0.4, -0.2) is 16.4 Å². The summed E-state index contributed by atoms with van der Waals surface area (Å²) in [6.45, 7) is 7.53. The van der Waals surface area contributed by atoms with E-state index < -0.39 is 0 Å². The summed E-state index contributed by atoms with van der Waals surface area (Å²) in [4.78, 5) is 6.74. The predicted octanol–water partition coefficient (Wildman–Crippen LogP) is 5.04. The molecule has 0 saturated carbocycles. The Labute approximate surface area is 145 Å². The molecule has 0 spiro atoms. The first-order chi connectivity index (χ1) is 11.7. The number of aryl methyl sites for hydroxylation is 1. The van der Waals surface area contributed by atoms with Crippen molar-refractivity contribution in [3.8, 4) is 10.8 Å². The fourth-order valence-electron chi connectivity index (χ4n) is 2.51. The third-order valence-electron chi connectivity index (χ3n) is 3.63. The zero-order chi connectivity index (χ0) is 16.9. The Kier molecular flexibility index (Phi) is 5.23. The Morgan fingerprint density at radius 1 is 1.25 bits per heavy atom. The lowest BCUT2D eigenvalue weighted by Crippen LogP contribution is -2.23. The highest BCUT2D eigenvalue weighted by atomic mass is 32.1. The Morgan fingerprint density at radius 3 is 2.79 bits per heavy atom. The minimum atomic E-state index is -0.184. The van der Waals surface area contributed by atoms with E-state index in [0.29, 0.717) is 25.2 Å². The molecule has 0 amide bonds. The van der Waals surface area contributed by atoms with Crippen molar-refractivity contribution in [3.63, 3.8) is 0 Å². The number of halogens is 1. The van der Waals surface area contributed by atoms with Gasteiger partial charge in [-0.3, -0.25) is 4.90 Å². The van der Waals surface area contributed by atoms with Gasteiger partial charge in [0.05, 0.1) is 5.69 Å². The number of benzene rings is 1. The minimum absolute atomic E-state index is 0.184. The van der Waals surface area contributed by atoms with E-state index in [9.17, 15) is 4.39 Å². The molecule has 5 heteroatoms. The lowest BCUT2D eigenvalue weighted by atomic mass is 10.2. The summed E-state index contributed by atoms with van der Waals surface area (Å²) in [6.07, 6.45) is 1.82. The second kappa shape index (κ2) is 7.55. The molecule has 0 radical (unpaired) electrons. The Morgan fingerprint density at radius 2 is 2.08 bits per heavy atom. The van der Waals surface area contributed by atoms with Crippen LogP contribution in [0.3, 0.4) is 0 Å². The number of rotatable bonds is 7. The first-order valence-electron chi connectivity index (χ1n) is 7.73. The van der Waals surface area contributed by atoms with E-state index in [0.717, 1.165) is 22.2 Å². The molecule has 0 aliphatic rings. The van der Waals surface area contributed by atoms with E-state index in [1.54, 1.807) is 17.4 Å². The highest BCUT2D eigenvalue weighted by molar-refractivity contribution is 7.13. The molecular weight excluding hydrogens is 323 g/mol. The van der Waals surface area contributed by atoms with Crippen molar-refractivity contribution in [1.29, 1.82) is 0 Å². The molecule has 0 N–H and O–H groups in total. The van der Waals surface area contributed by atoms with E-state index in [2.05, 4.69) is 16.5 Å². The van der Waals surface area contributed by atoms with Crippen LogP contribution in [-0.2, 0) is 13.1 Å². The molecule has 2 aromatic heterocycles. The molecule has 0 bridgehead atoms. The number of hydrogen-bond donors (Lipinski definition) is 0. The fraction of sp³-hybridized carbons (Fsp3) is 0.211. The molecule has 1 aromatic carbocycles. The maximum Gasteiger partial charge on any atom is 0.162 e. The summed E-state index contributed by atoms with van der Waals surface area (Å²) in [6, 6.07) is 10.7. The zero-order valence-electron chi connectivity index (χ0n) is 13.5. The lowest BCUT2D eigenvalue weighted by molar-refractivity contribution is 0.279. The summed E-state index contributed by atoms with van der Waals surface area (Å²) >= 11 is 1.55. The number of thiazole rings is 1. The van der Waals surface area contributed by atoms with Crippen LogP contribution in [0.4, 0.5) is 4.39 Å². The van der Waals surface area contributed by atoms with Gasteiger partial charge in [-0.25, -0.2) is 9.37 Å². The third-order valence-corrected chi connectivity index (χ3v) is 4.53. The highest BCUT2D eigenvalue weighted by Crippen LogP contribution is 2.26. The van der Waals surface area contributed by atoms with Gasteiger partial charge in [0.1, 0.15) is 11.6 Å². The van der Waals surface area contributed by atoms with Crippen LogP contribution in [0, 0.1) is 12.7 Å². The van der Waals surface area contributed by atoms with Crippen LogP contribution in [0.25, 0.3) is 10.8 Å². The van der Waals surface area contributed by atoms with Gasteiger partial charge in [0.25, 0.3) is 0 Å². The zero-order valence-corrected chi connectivity index (χ0v) is 14.4. The topological polar surface area (TPSA) is 29.3 Å². The molecular formula is C19H19FN2OS. The number of aromatic nitrogens is 1. The normalized spacial score (nSPS) is 11.1. The smallest absolute Gasteiger partial charge is 0.162 e. The second-order valence-corrected chi connectivity index (χ2v) is 6.46. The van der Waals surface area contributed by atoms with Crippen LogP contribution >= 0.6 is 11.3 Å². The van der Waals surface area contributed by atoms with Gasteiger partial charge < -0.3 is 4.42 Å². The van der Waals surface area contributed by atoms with E-state index in [-0.39, 0.29) is 5.82 Å². The average molecular weight is 342 g/mol. The predicted molar refractivity (Wildman–Crippen MR) is 95.3 cm³/mol. The fourth-order valence-corrected chi connectivity index (χ4v) is 3.28. The Hall–Kier alpha value is -2.24. The first kappa shape index (κ1) is 16.6.